The third-order valence-electron chi connectivity index (χ3n) is 3.52. The molecule has 0 aliphatic heterocycles. The summed E-state index contributed by atoms with van der Waals surface area (Å²) in [6.45, 7) is 2.19. The van der Waals surface area contributed by atoms with Gasteiger partial charge in [0.25, 0.3) is 0 Å². The summed E-state index contributed by atoms with van der Waals surface area (Å²) in [7, 11) is 0. The topological polar surface area (TPSA) is 13.1 Å². The van der Waals surface area contributed by atoms with Gasteiger partial charge >= 0.3 is 0 Å². The Morgan fingerprint density at radius 2 is 1.94 bits per heavy atom. The summed E-state index contributed by atoms with van der Waals surface area (Å²) in [6, 6.07) is 13.1. The predicted octanol–water partition coefficient (Wildman–Crippen LogP) is 4.11. The van der Waals surface area contributed by atoms with Gasteiger partial charge in [0.05, 0.1) is 6.26 Å². The third-order valence-corrected chi connectivity index (χ3v) is 3.52. The highest BCUT2D eigenvalue weighted by molar-refractivity contribution is 5.34. The van der Waals surface area contributed by atoms with E-state index in [-0.39, 0.29) is 0 Å². The number of aryl methyl sites for hydroxylation is 1. The Labute approximate surface area is 96.1 Å². The summed E-state index contributed by atoms with van der Waals surface area (Å²) in [4.78, 5) is 0. The largest absolute Gasteiger partial charge is 0.469 e. The van der Waals surface area contributed by atoms with E-state index in [4.69, 9.17) is 4.42 Å². The SMILES string of the molecule is CCc1ccc([C@H]2C[C@H]2c2ccco2)cc1. The lowest BCUT2D eigenvalue weighted by Gasteiger charge is -2.01. The van der Waals surface area contributed by atoms with Crippen molar-refractivity contribution in [3.8, 4) is 0 Å². The van der Waals surface area contributed by atoms with Gasteiger partial charge in [0.1, 0.15) is 5.76 Å². The Bertz CT molecular complexity index is 453. The highest BCUT2D eigenvalue weighted by atomic mass is 16.3. The van der Waals surface area contributed by atoms with Crippen LogP contribution in [0.3, 0.4) is 0 Å². The lowest BCUT2D eigenvalue weighted by molar-refractivity contribution is 0.509. The average molecular weight is 212 g/mol. The molecule has 1 heteroatoms. The smallest absolute Gasteiger partial charge is 0.107 e. The normalized spacial score (nSPS) is 23.3. The molecular weight excluding hydrogens is 196 g/mol. The molecule has 1 heterocycles. The van der Waals surface area contributed by atoms with E-state index in [1.165, 1.54) is 17.5 Å². The molecule has 2 aromatic rings. The summed E-state index contributed by atoms with van der Waals surface area (Å²) < 4.78 is 5.45. The van der Waals surface area contributed by atoms with Crippen LogP contribution in [0.5, 0.6) is 0 Å². The summed E-state index contributed by atoms with van der Waals surface area (Å²) >= 11 is 0. The minimum atomic E-state index is 0.613. The molecule has 1 aliphatic carbocycles. The van der Waals surface area contributed by atoms with Crippen molar-refractivity contribution in [1.82, 2.24) is 0 Å². The maximum Gasteiger partial charge on any atom is 0.107 e. The van der Waals surface area contributed by atoms with Gasteiger partial charge in [-0.3, -0.25) is 0 Å². The molecule has 0 amide bonds. The molecule has 2 atom stereocenters. The molecule has 1 fully saturated rings. The van der Waals surface area contributed by atoms with Gasteiger partial charge < -0.3 is 4.42 Å². The van der Waals surface area contributed by atoms with Crippen molar-refractivity contribution in [2.24, 2.45) is 0 Å². The number of hydrogen-bond donors (Lipinski definition) is 0. The van der Waals surface area contributed by atoms with Crippen LogP contribution in [-0.2, 0) is 6.42 Å². The molecule has 1 saturated carbocycles. The first-order valence-corrected chi connectivity index (χ1v) is 6.00. The Balaban J connectivity index is 1.76. The van der Waals surface area contributed by atoms with Crippen LogP contribution in [0.25, 0.3) is 0 Å². The Morgan fingerprint density at radius 3 is 2.56 bits per heavy atom. The van der Waals surface area contributed by atoms with Gasteiger partial charge in [-0.25, -0.2) is 0 Å². The zero-order chi connectivity index (χ0) is 11.0. The fourth-order valence-electron chi connectivity index (χ4n) is 2.38. The monoisotopic (exact) mass is 212 g/mol. The second-order valence-corrected chi connectivity index (χ2v) is 4.56. The molecule has 0 radical (unpaired) electrons. The van der Waals surface area contributed by atoms with Crippen molar-refractivity contribution in [2.45, 2.75) is 31.6 Å². The second kappa shape index (κ2) is 3.82. The second-order valence-electron chi connectivity index (χ2n) is 4.56. The van der Waals surface area contributed by atoms with Crippen molar-refractivity contribution in [1.29, 1.82) is 0 Å². The highest BCUT2D eigenvalue weighted by Gasteiger charge is 2.41. The van der Waals surface area contributed by atoms with Crippen LogP contribution < -0.4 is 0 Å². The Morgan fingerprint density at radius 1 is 1.12 bits per heavy atom. The van der Waals surface area contributed by atoms with Crippen LogP contribution >= 0.6 is 0 Å². The number of furan rings is 1. The van der Waals surface area contributed by atoms with Gasteiger partial charge in [0, 0.05) is 5.92 Å². The zero-order valence-electron chi connectivity index (χ0n) is 9.52. The van der Waals surface area contributed by atoms with Crippen molar-refractivity contribution in [2.75, 3.05) is 0 Å². The Hall–Kier alpha value is -1.50. The molecule has 0 saturated heterocycles. The first-order valence-electron chi connectivity index (χ1n) is 6.00. The quantitative estimate of drug-likeness (QED) is 0.746. The summed E-state index contributed by atoms with van der Waals surface area (Å²) in [5, 5.41) is 0. The minimum Gasteiger partial charge on any atom is -0.469 e. The van der Waals surface area contributed by atoms with Crippen LogP contribution in [-0.4, -0.2) is 0 Å². The fraction of sp³-hybridized carbons (Fsp3) is 0.333. The van der Waals surface area contributed by atoms with Gasteiger partial charge in [0.15, 0.2) is 0 Å². The summed E-state index contributed by atoms with van der Waals surface area (Å²) in [5.41, 5.74) is 2.87. The zero-order valence-corrected chi connectivity index (χ0v) is 9.52. The van der Waals surface area contributed by atoms with Crippen molar-refractivity contribution in [3.63, 3.8) is 0 Å². The number of rotatable bonds is 3. The van der Waals surface area contributed by atoms with E-state index in [0.29, 0.717) is 11.8 Å². The van der Waals surface area contributed by atoms with E-state index in [1.54, 1.807) is 6.26 Å². The molecule has 1 nitrogen and oxygen atoms in total. The molecule has 1 aromatic carbocycles. The first-order chi connectivity index (χ1) is 7.88. The van der Waals surface area contributed by atoms with Gasteiger partial charge in [0.2, 0.25) is 0 Å². The molecule has 0 spiro atoms. The molecule has 1 aliphatic rings. The molecule has 0 N–H and O–H groups in total. The molecule has 82 valence electrons. The maximum atomic E-state index is 5.45. The lowest BCUT2D eigenvalue weighted by atomic mass is 10.1. The van der Waals surface area contributed by atoms with E-state index < -0.39 is 0 Å². The van der Waals surface area contributed by atoms with E-state index in [0.717, 1.165) is 12.2 Å². The number of hydrogen-bond acceptors (Lipinski definition) is 1. The molecule has 3 rings (SSSR count). The van der Waals surface area contributed by atoms with E-state index >= 15 is 0 Å². The molecule has 0 bridgehead atoms. The van der Waals surface area contributed by atoms with Crippen LogP contribution in [0.2, 0.25) is 0 Å². The van der Waals surface area contributed by atoms with Crippen molar-refractivity contribution >= 4 is 0 Å². The van der Waals surface area contributed by atoms with Gasteiger partial charge in [-0.2, -0.15) is 0 Å². The maximum absolute atomic E-state index is 5.45. The summed E-state index contributed by atoms with van der Waals surface area (Å²) in [5.74, 6) is 2.43. The number of benzene rings is 1. The van der Waals surface area contributed by atoms with E-state index in [9.17, 15) is 0 Å². The van der Waals surface area contributed by atoms with Crippen LogP contribution in [0.4, 0.5) is 0 Å². The van der Waals surface area contributed by atoms with Gasteiger partial charge in [-0.05, 0) is 42.0 Å². The predicted molar refractivity (Wildman–Crippen MR) is 64.6 cm³/mol. The van der Waals surface area contributed by atoms with E-state index in [2.05, 4.69) is 37.3 Å². The molecular formula is C15H16O. The standard InChI is InChI=1S/C15H16O/c1-2-11-5-7-12(8-6-11)13-10-14(13)15-4-3-9-16-15/h3-9,13-14H,2,10H2,1H3/t13-,14-/m1/s1. The van der Waals surface area contributed by atoms with Crippen molar-refractivity contribution < 1.29 is 4.42 Å². The fourth-order valence-corrected chi connectivity index (χ4v) is 2.38. The minimum absolute atomic E-state index is 0.613. The highest BCUT2D eigenvalue weighted by Crippen LogP contribution is 2.54. The third kappa shape index (κ3) is 1.67. The molecule has 0 unspecified atom stereocenters. The average Bonchev–Trinajstić information content (AvgIpc) is 2.95. The van der Waals surface area contributed by atoms with Crippen LogP contribution in [0, 0.1) is 0 Å². The summed E-state index contributed by atoms with van der Waals surface area (Å²) in [6.07, 6.45) is 4.12. The lowest BCUT2D eigenvalue weighted by Crippen LogP contribution is -1.84. The first kappa shape index (κ1) is 9.71. The molecule has 1 aromatic heterocycles. The molecule has 16 heavy (non-hydrogen) atoms. The van der Waals surface area contributed by atoms with Gasteiger partial charge in [-0.1, -0.05) is 31.2 Å². The van der Waals surface area contributed by atoms with E-state index in [1.807, 2.05) is 6.07 Å². The Kier molecular flexibility index (Phi) is 2.32. The van der Waals surface area contributed by atoms with Crippen LogP contribution in [0.15, 0.2) is 47.1 Å². The van der Waals surface area contributed by atoms with Crippen molar-refractivity contribution in [3.05, 3.63) is 59.5 Å². The van der Waals surface area contributed by atoms with Gasteiger partial charge in [-0.15, -0.1) is 0 Å². The van der Waals surface area contributed by atoms with Crippen LogP contribution in [0.1, 0.15) is 42.1 Å².